The van der Waals surface area contributed by atoms with Crippen LogP contribution in [0.4, 0.5) is 5.69 Å². The second-order valence-electron chi connectivity index (χ2n) is 8.27. The van der Waals surface area contributed by atoms with Crippen LogP contribution in [0.2, 0.25) is 0 Å². The van der Waals surface area contributed by atoms with Crippen molar-refractivity contribution in [3.8, 4) is 0 Å². The van der Waals surface area contributed by atoms with Crippen molar-refractivity contribution < 1.29 is 4.79 Å². The number of rotatable bonds is 8. The van der Waals surface area contributed by atoms with Crippen LogP contribution in [0.25, 0.3) is 0 Å². The van der Waals surface area contributed by atoms with E-state index >= 15 is 0 Å². The van der Waals surface area contributed by atoms with Gasteiger partial charge in [-0.25, -0.2) is 0 Å². The zero-order chi connectivity index (χ0) is 19.9. The third-order valence-corrected chi connectivity index (χ3v) is 5.44. The van der Waals surface area contributed by atoms with E-state index in [2.05, 4.69) is 61.4 Å². The van der Waals surface area contributed by atoms with E-state index in [1.807, 2.05) is 23.1 Å². The Morgan fingerprint density at radius 2 is 1.93 bits per heavy atom. The maximum Gasteiger partial charge on any atom is 0.242 e. The summed E-state index contributed by atoms with van der Waals surface area (Å²) in [7, 11) is 2.15. The van der Waals surface area contributed by atoms with Gasteiger partial charge in [0.15, 0.2) is 0 Å². The molecule has 0 bridgehead atoms. The second-order valence-corrected chi connectivity index (χ2v) is 8.27. The number of anilines is 1. The van der Waals surface area contributed by atoms with E-state index in [4.69, 9.17) is 0 Å². The molecular weight excluding hydrogens is 346 g/mol. The number of hydrogen-bond donors (Lipinski definition) is 1. The predicted octanol–water partition coefficient (Wildman–Crippen LogP) is 4.16. The van der Waals surface area contributed by atoms with Crippen molar-refractivity contribution in [1.82, 2.24) is 9.80 Å². The summed E-state index contributed by atoms with van der Waals surface area (Å²) in [6, 6.07) is 16.7. The van der Waals surface area contributed by atoms with E-state index in [1.54, 1.807) is 0 Å². The number of carbonyl (C=O) groups excluding carboxylic acids is 1. The fraction of sp³-hybridized carbons (Fsp3) is 0.458. The molecule has 2 aromatic carbocycles. The van der Waals surface area contributed by atoms with Crippen molar-refractivity contribution in [3.63, 3.8) is 0 Å². The lowest BCUT2D eigenvalue weighted by Gasteiger charge is -2.28. The van der Waals surface area contributed by atoms with Gasteiger partial charge in [-0.15, -0.1) is 0 Å². The lowest BCUT2D eigenvalue weighted by Crippen LogP contribution is -2.36. The first-order valence-electron chi connectivity index (χ1n) is 10.4. The smallest absolute Gasteiger partial charge is 0.242 e. The molecule has 1 heterocycles. The highest BCUT2D eigenvalue weighted by Crippen LogP contribution is 2.25. The Bertz CT molecular complexity index is 773. The number of nitrogens with zero attached hydrogens (tertiary/aromatic N) is 2. The van der Waals surface area contributed by atoms with Gasteiger partial charge in [0.2, 0.25) is 5.91 Å². The van der Waals surface area contributed by atoms with Crippen LogP contribution in [0, 0.1) is 5.92 Å². The summed E-state index contributed by atoms with van der Waals surface area (Å²) in [5, 5.41) is 3.43. The average molecular weight is 380 g/mol. The van der Waals surface area contributed by atoms with E-state index in [1.165, 1.54) is 16.7 Å². The Kier molecular flexibility index (Phi) is 7.10. The molecule has 4 heteroatoms. The molecule has 0 spiro atoms. The maximum atomic E-state index is 13.0. The van der Waals surface area contributed by atoms with Gasteiger partial charge in [0.05, 0.1) is 6.54 Å². The van der Waals surface area contributed by atoms with Crippen LogP contribution >= 0.6 is 0 Å². The van der Waals surface area contributed by atoms with Crippen molar-refractivity contribution >= 4 is 11.6 Å². The van der Waals surface area contributed by atoms with Gasteiger partial charge in [-0.05, 0) is 48.6 Å². The SMILES string of the molecule is CC(C)CCN(Cc1ccccc1)C(=O)CNc1cccc2c1CN(C)CC2. The van der Waals surface area contributed by atoms with Crippen LogP contribution in [0.5, 0.6) is 0 Å². The summed E-state index contributed by atoms with van der Waals surface area (Å²) >= 11 is 0. The zero-order valence-corrected chi connectivity index (χ0v) is 17.4. The Hall–Kier alpha value is -2.33. The highest BCUT2D eigenvalue weighted by Gasteiger charge is 2.18. The molecule has 3 rings (SSSR count). The quantitative estimate of drug-likeness (QED) is 0.748. The van der Waals surface area contributed by atoms with Gasteiger partial charge in [0.1, 0.15) is 0 Å². The van der Waals surface area contributed by atoms with Crippen LogP contribution in [-0.4, -0.2) is 42.4 Å². The number of likely N-dealkylation sites (N-methyl/N-ethyl adjacent to an activating group) is 1. The molecule has 2 aromatic rings. The third-order valence-electron chi connectivity index (χ3n) is 5.44. The number of fused-ring (bicyclic) bond motifs is 1. The first-order chi connectivity index (χ1) is 13.5. The lowest BCUT2D eigenvalue weighted by atomic mass is 9.98. The normalized spacial score (nSPS) is 14.0. The Morgan fingerprint density at radius 3 is 2.68 bits per heavy atom. The minimum absolute atomic E-state index is 0.159. The van der Waals surface area contributed by atoms with Gasteiger partial charge in [-0.2, -0.15) is 0 Å². The number of hydrogen-bond acceptors (Lipinski definition) is 3. The van der Waals surface area contributed by atoms with E-state index < -0.39 is 0 Å². The number of benzene rings is 2. The molecule has 0 fully saturated rings. The van der Waals surface area contributed by atoms with Crippen LogP contribution in [0.15, 0.2) is 48.5 Å². The van der Waals surface area contributed by atoms with E-state index in [0.717, 1.165) is 38.2 Å². The van der Waals surface area contributed by atoms with Crippen LogP contribution in [0.3, 0.4) is 0 Å². The monoisotopic (exact) mass is 379 g/mol. The van der Waals surface area contributed by atoms with Gasteiger partial charge in [-0.1, -0.05) is 56.3 Å². The van der Waals surface area contributed by atoms with E-state index in [-0.39, 0.29) is 5.91 Å². The minimum atomic E-state index is 0.159. The number of carbonyl (C=O) groups is 1. The Labute approximate surface area is 169 Å². The third kappa shape index (κ3) is 5.59. The van der Waals surface area contributed by atoms with Gasteiger partial charge in [0, 0.05) is 31.9 Å². The molecule has 4 nitrogen and oxygen atoms in total. The molecule has 1 aliphatic heterocycles. The van der Waals surface area contributed by atoms with Crippen molar-refractivity contribution in [3.05, 3.63) is 65.2 Å². The topological polar surface area (TPSA) is 35.6 Å². The van der Waals surface area contributed by atoms with Crippen molar-refractivity contribution in [2.75, 3.05) is 32.0 Å². The summed E-state index contributed by atoms with van der Waals surface area (Å²) in [6.07, 6.45) is 2.09. The molecule has 0 saturated heterocycles. The van der Waals surface area contributed by atoms with E-state index in [9.17, 15) is 4.79 Å². The second kappa shape index (κ2) is 9.74. The first kappa shape index (κ1) is 20.4. The molecule has 0 unspecified atom stereocenters. The molecule has 1 amide bonds. The number of amides is 1. The summed E-state index contributed by atoms with van der Waals surface area (Å²) < 4.78 is 0. The molecule has 1 aliphatic rings. The first-order valence-corrected chi connectivity index (χ1v) is 10.4. The molecule has 0 saturated carbocycles. The number of nitrogens with one attached hydrogen (secondary N) is 1. The van der Waals surface area contributed by atoms with Gasteiger partial charge in [0.25, 0.3) is 0 Å². The van der Waals surface area contributed by atoms with Crippen LogP contribution in [-0.2, 0) is 24.3 Å². The lowest BCUT2D eigenvalue weighted by molar-refractivity contribution is -0.130. The van der Waals surface area contributed by atoms with E-state index in [0.29, 0.717) is 19.0 Å². The molecule has 0 aliphatic carbocycles. The highest BCUT2D eigenvalue weighted by molar-refractivity contribution is 5.81. The molecule has 150 valence electrons. The van der Waals surface area contributed by atoms with Gasteiger partial charge < -0.3 is 15.1 Å². The largest absolute Gasteiger partial charge is 0.376 e. The molecule has 1 N–H and O–H groups in total. The minimum Gasteiger partial charge on any atom is -0.376 e. The summed E-state index contributed by atoms with van der Waals surface area (Å²) in [5.41, 5.74) is 5.01. The fourth-order valence-corrected chi connectivity index (χ4v) is 3.67. The zero-order valence-electron chi connectivity index (χ0n) is 17.4. The van der Waals surface area contributed by atoms with Crippen molar-refractivity contribution in [2.45, 2.75) is 39.8 Å². The predicted molar refractivity (Wildman–Crippen MR) is 116 cm³/mol. The van der Waals surface area contributed by atoms with Crippen molar-refractivity contribution in [1.29, 1.82) is 0 Å². The molecule has 0 aromatic heterocycles. The Morgan fingerprint density at radius 1 is 1.14 bits per heavy atom. The van der Waals surface area contributed by atoms with Gasteiger partial charge in [-0.3, -0.25) is 4.79 Å². The summed E-state index contributed by atoms with van der Waals surface area (Å²) in [5.74, 6) is 0.738. The molecule has 0 atom stereocenters. The Balaban J connectivity index is 1.66. The van der Waals surface area contributed by atoms with Crippen molar-refractivity contribution in [2.24, 2.45) is 5.92 Å². The summed E-state index contributed by atoms with van der Waals surface area (Å²) in [4.78, 5) is 17.3. The molecule has 0 radical (unpaired) electrons. The van der Waals surface area contributed by atoms with Crippen LogP contribution in [0.1, 0.15) is 37.0 Å². The maximum absolute atomic E-state index is 13.0. The molecule has 28 heavy (non-hydrogen) atoms. The standard InChI is InChI=1S/C24H33N3O/c1-19(2)12-15-27(17-20-8-5-4-6-9-20)24(28)16-25-23-11-7-10-21-13-14-26(3)18-22(21)23/h4-11,19,25H,12-18H2,1-3H3. The van der Waals surface area contributed by atoms with Crippen LogP contribution < -0.4 is 5.32 Å². The highest BCUT2D eigenvalue weighted by atomic mass is 16.2. The fourth-order valence-electron chi connectivity index (χ4n) is 3.67. The molecular formula is C24H33N3O. The van der Waals surface area contributed by atoms with Gasteiger partial charge >= 0.3 is 0 Å². The summed E-state index contributed by atoms with van der Waals surface area (Å²) in [6.45, 7) is 8.24. The average Bonchev–Trinajstić information content (AvgIpc) is 2.70.